The summed E-state index contributed by atoms with van der Waals surface area (Å²) < 4.78 is 29.7. The van der Waals surface area contributed by atoms with Crippen molar-refractivity contribution in [2.75, 3.05) is 7.11 Å². The molecular formula is C8H12F2N2OS. The Morgan fingerprint density at radius 3 is 2.79 bits per heavy atom. The first-order valence-electron chi connectivity index (χ1n) is 4.01. The van der Waals surface area contributed by atoms with Crippen LogP contribution >= 0.6 is 11.3 Å². The van der Waals surface area contributed by atoms with E-state index < -0.39 is 12.0 Å². The van der Waals surface area contributed by atoms with Gasteiger partial charge in [-0.25, -0.2) is 13.8 Å². The van der Waals surface area contributed by atoms with Crippen LogP contribution in [0.1, 0.15) is 11.8 Å². The van der Waals surface area contributed by atoms with E-state index in [1.165, 1.54) is 31.6 Å². The van der Waals surface area contributed by atoms with E-state index in [4.69, 9.17) is 10.5 Å². The Morgan fingerprint density at radius 2 is 2.36 bits per heavy atom. The standard InChI is InChI=1S/C8H12F2N2OS/c1-8(11,6(9)10)3-5-4-12-7(13-2)14-5/h4,6H,3,11H2,1-2H3. The summed E-state index contributed by atoms with van der Waals surface area (Å²) in [5.41, 5.74) is 3.93. The molecule has 0 amide bonds. The number of ether oxygens (including phenoxy) is 1. The molecule has 0 spiro atoms. The summed E-state index contributed by atoms with van der Waals surface area (Å²) in [5, 5.41) is 0.463. The van der Waals surface area contributed by atoms with Crippen LogP contribution in [0.2, 0.25) is 0 Å². The highest BCUT2D eigenvalue weighted by molar-refractivity contribution is 7.13. The predicted octanol–water partition coefficient (Wildman–Crippen LogP) is 1.68. The van der Waals surface area contributed by atoms with Gasteiger partial charge in [0.05, 0.1) is 12.6 Å². The highest BCUT2D eigenvalue weighted by atomic mass is 32.1. The fourth-order valence-corrected chi connectivity index (χ4v) is 1.82. The fourth-order valence-electron chi connectivity index (χ4n) is 0.918. The van der Waals surface area contributed by atoms with E-state index >= 15 is 0 Å². The number of aromatic nitrogens is 1. The summed E-state index contributed by atoms with van der Waals surface area (Å²) in [6.45, 7) is 1.32. The van der Waals surface area contributed by atoms with Crippen molar-refractivity contribution in [3.05, 3.63) is 11.1 Å². The van der Waals surface area contributed by atoms with Crippen molar-refractivity contribution in [1.82, 2.24) is 4.98 Å². The summed E-state index contributed by atoms with van der Waals surface area (Å²) in [6.07, 6.45) is -0.932. The van der Waals surface area contributed by atoms with Gasteiger partial charge in [-0.2, -0.15) is 0 Å². The van der Waals surface area contributed by atoms with Gasteiger partial charge >= 0.3 is 0 Å². The third kappa shape index (κ3) is 2.62. The minimum absolute atomic E-state index is 0.103. The molecule has 0 aliphatic heterocycles. The number of thiazole rings is 1. The molecule has 0 aliphatic rings. The van der Waals surface area contributed by atoms with Crippen molar-refractivity contribution < 1.29 is 13.5 Å². The van der Waals surface area contributed by atoms with E-state index in [1.54, 1.807) is 0 Å². The second-order valence-electron chi connectivity index (χ2n) is 3.28. The van der Waals surface area contributed by atoms with Crippen LogP contribution in [0.4, 0.5) is 8.78 Å². The van der Waals surface area contributed by atoms with Crippen LogP contribution in [0.5, 0.6) is 5.19 Å². The topological polar surface area (TPSA) is 48.1 Å². The minimum Gasteiger partial charge on any atom is -0.473 e. The molecule has 0 saturated carbocycles. The van der Waals surface area contributed by atoms with E-state index in [0.717, 1.165) is 0 Å². The molecule has 3 nitrogen and oxygen atoms in total. The van der Waals surface area contributed by atoms with Gasteiger partial charge in [0.2, 0.25) is 0 Å². The first-order chi connectivity index (χ1) is 6.45. The lowest BCUT2D eigenvalue weighted by Gasteiger charge is -2.22. The molecule has 1 atom stereocenters. The molecule has 0 aromatic carbocycles. The van der Waals surface area contributed by atoms with Gasteiger partial charge in [-0.05, 0) is 6.92 Å². The highest BCUT2D eigenvalue weighted by Crippen LogP contribution is 2.25. The molecule has 2 N–H and O–H groups in total. The summed E-state index contributed by atoms with van der Waals surface area (Å²) in [6, 6.07) is 0. The van der Waals surface area contributed by atoms with Crippen LogP contribution in [0.25, 0.3) is 0 Å². The minimum atomic E-state index is -2.55. The Labute approximate surface area is 84.9 Å². The van der Waals surface area contributed by atoms with Gasteiger partial charge in [0.15, 0.2) is 0 Å². The van der Waals surface area contributed by atoms with Crippen molar-refractivity contribution in [3.8, 4) is 5.19 Å². The molecule has 0 fully saturated rings. The van der Waals surface area contributed by atoms with Crippen molar-refractivity contribution in [1.29, 1.82) is 0 Å². The molecule has 80 valence electrons. The first-order valence-corrected chi connectivity index (χ1v) is 4.83. The average Bonchev–Trinajstić information content (AvgIpc) is 2.51. The first kappa shape index (κ1) is 11.3. The number of alkyl halides is 2. The van der Waals surface area contributed by atoms with Crippen LogP contribution < -0.4 is 10.5 Å². The normalized spacial score (nSPS) is 15.6. The Hall–Kier alpha value is -0.750. The van der Waals surface area contributed by atoms with Gasteiger partial charge in [0.25, 0.3) is 11.6 Å². The number of nitrogens with two attached hydrogens (primary N) is 1. The third-order valence-electron chi connectivity index (χ3n) is 1.76. The molecular weight excluding hydrogens is 210 g/mol. The summed E-state index contributed by atoms with van der Waals surface area (Å²) in [4.78, 5) is 4.58. The molecule has 0 saturated heterocycles. The number of rotatable bonds is 4. The molecule has 1 aromatic rings. The number of nitrogens with zero attached hydrogens (tertiary/aromatic N) is 1. The largest absolute Gasteiger partial charge is 0.473 e. The maximum absolute atomic E-state index is 12.4. The maximum Gasteiger partial charge on any atom is 0.273 e. The molecule has 1 rings (SSSR count). The summed E-state index contributed by atoms with van der Waals surface area (Å²) in [5.74, 6) is 0. The molecule has 0 radical (unpaired) electrons. The number of hydrogen-bond donors (Lipinski definition) is 1. The molecule has 6 heteroatoms. The monoisotopic (exact) mass is 222 g/mol. The van der Waals surface area contributed by atoms with Gasteiger partial charge in [-0.3, -0.25) is 0 Å². The van der Waals surface area contributed by atoms with E-state index in [1.807, 2.05) is 0 Å². The molecule has 1 aromatic heterocycles. The Bertz CT molecular complexity index is 301. The highest BCUT2D eigenvalue weighted by Gasteiger charge is 2.31. The Kier molecular flexibility index (Phi) is 3.38. The zero-order valence-electron chi connectivity index (χ0n) is 7.96. The smallest absolute Gasteiger partial charge is 0.273 e. The second kappa shape index (κ2) is 4.18. The molecule has 0 aliphatic carbocycles. The quantitative estimate of drug-likeness (QED) is 0.843. The van der Waals surface area contributed by atoms with Gasteiger partial charge in [-0.15, -0.1) is 0 Å². The molecule has 1 unspecified atom stereocenters. The van der Waals surface area contributed by atoms with Crippen LogP contribution in [-0.2, 0) is 6.42 Å². The predicted molar refractivity (Wildman–Crippen MR) is 51.0 cm³/mol. The average molecular weight is 222 g/mol. The SMILES string of the molecule is COc1ncc(CC(C)(N)C(F)F)s1. The van der Waals surface area contributed by atoms with E-state index in [2.05, 4.69) is 4.98 Å². The Morgan fingerprint density at radius 1 is 1.71 bits per heavy atom. The van der Waals surface area contributed by atoms with Crippen LogP contribution in [-0.4, -0.2) is 24.1 Å². The molecule has 14 heavy (non-hydrogen) atoms. The number of halogens is 2. The number of hydrogen-bond acceptors (Lipinski definition) is 4. The summed E-state index contributed by atoms with van der Waals surface area (Å²) >= 11 is 1.23. The van der Waals surface area contributed by atoms with Crippen molar-refractivity contribution in [2.45, 2.75) is 25.3 Å². The fraction of sp³-hybridized carbons (Fsp3) is 0.625. The van der Waals surface area contributed by atoms with Crippen molar-refractivity contribution in [3.63, 3.8) is 0 Å². The van der Waals surface area contributed by atoms with Gasteiger partial charge in [0, 0.05) is 17.5 Å². The van der Waals surface area contributed by atoms with Crippen molar-refractivity contribution in [2.24, 2.45) is 5.73 Å². The lowest BCUT2D eigenvalue weighted by Crippen LogP contribution is -2.45. The van der Waals surface area contributed by atoms with Crippen LogP contribution in [0, 0.1) is 0 Å². The van der Waals surface area contributed by atoms with E-state index in [9.17, 15) is 8.78 Å². The zero-order valence-corrected chi connectivity index (χ0v) is 8.78. The van der Waals surface area contributed by atoms with Gasteiger partial charge < -0.3 is 10.5 Å². The third-order valence-corrected chi connectivity index (χ3v) is 2.72. The molecule has 0 bridgehead atoms. The van der Waals surface area contributed by atoms with Gasteiger partial charge in [0.1, 0.15) is 0 Å². The second-order valence-corrected chi connectivity index (χ2v) is 4.36. The van der Waals surface area contributed by atoms with E-state index in [0.29, 0.717) is 10.1 Å². The maximum atomic E-state index is 12.4. The van der Waals surface area contributed by atoms with E-state index in [-0.39, 0.29) is 6.42 Å². The Balaban J connectivity index is 2.68. The van der Waals surface area contributed by atoms with Crippen LogP contribution in [0.3, 0.4) is 0 Å². The summed E-state index contributed by atoms with van der Waals surface area (Å²) in [7, 11) is 1.48. The van der Waals surface area contributed by atoms with Crippen LogP contribution in [0.15, 0.2) is 6.20 Å². The zero-order chi connectivity index (χ0) is 10.8. The van der Waals surface area contributed by atoms with Crippen molar-refractivity contribution >= 4 is 11.3 Å². The lowest BCUT2D eigenvalue weighted by atomic mass is 10.00. The number of methoxy groups -OCH3 is 1. The lowest BCUT2D eigenvalue weighted by molar-refractivity contribution is 0.0643. The molecule has 1 heterocycles. The van der Waals surface area contributed by atoms with Gasteiger partial charge in [-0.1, -0.05) is 11.3 Å².